The average Bonchev–Trinajstić information content (AvgIpc) is 2.53. The van der Waals surface area contributed by atoms with Gasteiger partial charge in [-0.15, -0.1) is 0 Å². The quantitative estimate of drug-likeness (QED) is 0.815. The lowest BCUT2D eigenvalue weighted by molar-refractivity contribution is 0.0210. The Morgan fingerprint density at radius 1 is 1.32 bits per heavy atom. The Labute approximate surface area is 152 Å². The molecule has 0 bridgehead atoms. The topological polar surface area (TPSA) is 67.3 Å². The summed E-state index contributed by atoms with van der Waals surface area (Å²) in [4.78, 5) is 22.5. The van der Waals surface area contributed by atoms with Gasteiger partial charge in [-0.05, 0) is 45.7 Å². The highest BCUT2D eigenvalue weighted by atomic mass is 35.5. The van der Waals surface area contributed by atoms with Crippen LogP contribution in [0.3, 0.4) is 0 Å². The molecule has 0 atom stereocenters. The molecule has 0 radical (unpaired) electrons. The van der Waals surface area contributed by atoms with Crippen LogP contribution in [0.4, 0.5) is 10.6 Å². The Hall–Kier alpha value is -2.08. The normalized spacial score (nSPS) is 16.1. The van der Waals surface area contributed by atoms with E-state index in [1.807, 2.05) is 32.9 Å². The molecule has 1 amide bonds. The minimum atomic E-state index is -0.461. The van der Waals surface area contributed by atoms with Gasteiger partial charge in [-0.25, -0.2) is 14.8 Å². The Kier molecular flexibility index (Phi) is 4.99. The fourth-order valence-electron chi connectivity index (χ4n) is 2.81. The SMILES string of the molecule is CC(C)(C)OC(=O)N1CCC(Nc2ccc3cnc(Cl)cc3n2)CC1. The third kappa shape index (κ3) is 4.72. The van der Waals surface area contributed by atoms with Crippen LogP contribution in [0.1, 0.15) is 33.6 Å². The Balaban J connectivity index is 1.58. The molecular formula is C18H23ClN4O2. The molecule has 2 aromatic heterocycles. The minimum absolute atomic E-state index is 0.239. The third-order valence-corrected chi connectivity index (χ3v) is 4.25. The highest BCUT2D eigenvalue weighted by Gasteiger charge is 2.26. The summed E-state index contributed by atoms with van der Waals surface area (Å²) in [5.74, 6) is 0.811. The first-order valence-corrected chi connectivity index (χ1v) is 8.85. The lowest BCUT2D eigenvalue weighted by atomic mass is 10.1. The highest BCUT2D eigenvalue weighted by Crippen LogP contribution is 2.21. The maximum absolute atomic E-state index is 12.1. The minimum Gasteiger partial charge on any atom is -0.444 e. The number of aromatic nitrogens is 2. The van der Waals surface area contributed by atoms with E-state index in [1.54, 1.807) is 17.2 Å². The van der Waals surface area contributed by atoms with E-state index in [1.165, 1.54) is 0 Å². The van der Waals surface area contributed by atoms with Gasteiger partial charge in [0.05, 0.1) is 5.52 Å². The fraction of sp³-hybridized carbons (Fsp3) is 0.500. The lowest BCUT2D eigenvalue weighted by Gasteiger charge is -2.33. The van der Waals surface area contributed by atoms with Crippen LogP contribution < -0.4 is 5.32 Å². The number of anilines is 1. The van der Waals surface area contributed by atoms with E-state index in [0.717, 1.165) is 29.6 Å². The van der Waals surface area contributed by atoms with Gasteiger partial charge in [0, 0.05) is 36.8 Å². The molecule has 1 N–H and O–H groups in total. The lowest BCUT2D eigenvalue weighted by Crippen LogP contribution is -2.44. The van der Waals surface area contributed by atoms with Crippen LogP contribution in [0, 0.1) is 0 Å². The summed E-state index contributed by atoms with van der Waals surface area (Å²) < 4.78 is 5.43. The van der Waals surface area contributed by atoms with Crippen LogP contribution in [0.15, 0.2) is 24.4 Å². The molecule has 0 spiro atoms. The molecule has 7 heteroatoms. The second kappa shape index (κ2) is 7.04. The number of halogens is 1. The molecular weight excluding hydrogens is 340 g/mol. The standard InChI is InChI=1S/C18H23ClN4O2/c1-18(2,3)25-17(24)23-8-6-13(7-9-23)21-16-5-4-12-11-20-15(19)10-14(12)22-16/h4-5,10-11,13H,6-9H2,1-3H3,(H,21,22). The molecule has 1 saturated heterocycles. The molecule has 0 saturated carbocycles. The van der Waals surface area contributed by atoms with Crippen LogP contribution in [-0.4, -0.2) is 45.7 Å². The van der Waals surface area contributed by atoms with E-state index in [9.17, 15) is 4.79 Å². The first-order valence-electron chi connectivity index (χ1n) is 8.47. The number of nitrogens with zero attached hydrogens (tertiary/aromatic N) is 3. The number of piperidine rings is 1. The zero-order chi connectivity index (χ0) is 18.0. The number of likely N-dealkylation sites (tertiary alicyclic amines) is 1. The van der Waals surface area contributed by atoms with E-state index < -0.39 is 5.60 Å². The monoisotopic (exact) mass is 362 g/mol. The number of nitrogens with one attached hydrogen (secondary N) is 1. The molecule has 25 heavy (non-hydrogen) atoms. The van der Waals surface area contributed by atoms with Crippen molar-refractivity contribution in [3.05, 3.63) is 29.5 Å². The molecule has 134 valence electrons. The van der Waals surface area contributed by atoms with E-state index in [0.29, 0.717) is 18.2 Å². The van der Waals surface area contributed by atoms with Crippen molar-refractivity contribution in [1.82, 2.24) is 14.9 Å². The summed E-state index contributed by atoms with van der Waals surface area (Å²) in [5.41, 5.74) is 0.355. The molecule has 1 aliphatic rings. The zero-order valence-electron chi connectivity index (χ0n) is 14.8. The number of ether oxygens (including phenoxy) is 1. The number of pyridine rings is 2. The first kappa shape index (κ1) is 17.7. The third-order valence-electron chi connectivity index (χ3n) is 4.04. The number of amides is 1. The number of carbonyl (C=O) groups excluding carboxylic acids is 1. The average molecular weight is 363 g/mol. The van der Waals surface area contributed by atoms with Crippen LogP contribution in [0.25, 0.3) is 10.9 Å². The summed E-state index contributed by atoms with van der Waals surface area (Å²) >= 11 is 5.93. The molecule has 1 fully saturated rings. The van der Waals surface area contributed by atoms with Crippen molar-refractivity contribution in [2.75, 3.05) is 18.4 Å². The molecule has 0 aliphatic carbocycles. The van der Waals surface area contributed by atoms with Gasteiger partial charge in [0.15, 0.2) is 0 Å². The Bertz CT molecular complexity index is 767. The fourth-order valence-corrected chi connectivity index (χ4v) is 2.97. The molecule has 6 nitrogen and oxygen atoms in total. The molecule has 0 unspecified atom stereocenters. The van der Waals surface area contributed by atoms with Crippen molar-refractivity contribution >= 4 is 34.4 Å². The van der Waals surface area contributed by atoms with Gasteiger partial charge in [-0.3, -0.25) is 0 Å². The molecule has 0 aromatic carbocycles. The summed E-state index contributed by atoms with van der Waals surface area (Å²) in [5, 5.41) is 4.83. The number of fused-ring (bicyclic) bond motifs is 1. The van der Waals surface area contributed by atoms with Crippen molar-refractivity contribution in [2.45, 2.75) is 45.3 Å². The second-order valence-corrected chi connectivity index (χ2v) is 7.67. The largest absolute Gasteiger partial charge is 0.444 e. The number of hydrogen-bond acceptors (Lipinski definition) is 5. The van der Waals surface area contributed by atoms with Gasteiger partial charge in [0.25, 0.3) is 0 Å². The van der Waals surface area contributed by atoms with E-state index in [2.05, 4.69) is 15.3 Å². The van der Waals surface area contributed by atoms with Crippen molar-refractivity contribution in [1.29, 1.82) is 0 Å². The summed E-state index contributed by atoms with van der Waals surface area (Å²) in [6, 6.07) is 5.95. The maximum Gasteiger partial charge on any atom is 0.410 e. The van der Waals surface area contributed by atoms with Gasteiger partial charge in [0.2, 0.25) is 0 Å². The van der Waals surface area contributed by atoms with Crippen LogP contribution in [-0.2, 0) is 4.74 Å². The van der Waals surface area contributed by atoms with Crippen molar-refractivity contribution < 1.29 is 9.53 Å². The zero-order valence-corrected chi connectivity index (χ0v) is 15.5. The summed E-state index contributed by atoms with van der Waals surface area (Å²) in [7, 11) is 0. The summed E-state index contributed by atoms with van der Waals surface area (Å²) in [6.45, 7) is 7.00. The maximum atomic E-state index is 12.1. The smallest absolute Gasteiger partial charge is 0.410 e. The van der Waals surface area contributed by atoms with E-state index in [-0.39, 0.29) is 12.1 Å². The van der Waals surface area contributed by atoms with Crippen LogP contribution >= 0.6 is 11.6 Å². The predicted molar refractivity (Wildman–Crippen MR) is 99.0 cm³/mol. The van der Waals surface area contributed by atoms with Gasteiger partial charge in [-0.1, -0.05) is 11.6 Å². The van der Waals surface area contributed by atoms with Crippen molar-refractivity contribution in [3.8, 4) is 0 Å². The first-order chi connectivity index (χ1) is 11.8. The number of carbonyl (C=O) groups is 1. The number of hydrogen-bond donors (Lipinski definition) is 1. The van der Waals surface area contributed by atoms with Gasteiger partial charge in [0.1, 0.15) is 16.6 Å². The second-order valence-electron chi connectivity index (χ2n) is 7.28. The van der Waals surface area contributed by atoms with Gasteiger partial charge < -0.3 is 15.0 Å². The Morgan fingerprint density at radius 2 is 2.04 bits per heavy atom. The van der Waals surface area contributed by atoms with E-state index in [4.69, 9.17) is 16.3 Å². The van der Waals surface area contributed by atoms with Gasteiger partial charge in [-0.2, -0.15) is 0 Å². The molecule has 1 aliphatic heterocycles. The summed E-state index contributed by atoms with van der Waals surface area (Å²) in [6.07, 6.45) is 3.19. The van der Waals surface area contributed by atoms with Crippen molar-refractivity contribution in [2.24, 2.45) is 0 Å². The Morgan fingerprint density at radius 3 is 2.72 bits per heavy atom. The number of rotatable bonds is 2. The van der Waals surface area contributed by atoms with Crippen LogP contribution in [0.2, 0.25) is 5.15 Å². The van der Waals surface area contributed by atoms with E-state index >= 15 is 0 Å². The van der Waals surface area contributed by atoms with Crippen molar-refractivity contribution in [3.63, 3.8) is 0 Å². The van der Waals surface area contributed by atoms with Gasteiger partial charge >= 0.3 is 6.09 Å². The molecule has 3 heterocycles. The molecule has 3 rings (SSSR count). The molecule has 2 aromatic rings. The highest BCUT2D eigenvalue weighted by molar-refractivity contribution is 6.29. The van der Waals surface area contributed by atoms with Crippen LogP contribution in [0.5, 0.6) is 0 Å². The predicted octanol–water partition coefficient (Wildman–Crippen LogP) is 4.09.